The molecule has 0 radical (unpaired) electrons. The van der Waals surface area contributed by atoms with E-state index in [0.717, 1.165) is 25.9 Å². The fraction of sp³-hybridized carbons (Fsp3) is 0.600. The van der Waals surface area contributed by atoms with Crippen molar-refractivity contribution in [2.24, 2.45) is 5.73 Å². The van der Waals surface area contributed by atoms with Crippen molar-refractivity contribution < 1.29 is 0 Å². The van der Waals surface area contributed by atoms with Gasteiger partial charge in [-0.3, -0.25) is 0 Å². The number of anilines is 1. The third kappa shape index (κ3) is 2.03. The first-order valence-corrected chi connectivity index (χ1v) is 5.69. The van der Waals surface area contributed by atoms with Gasteiger partial charge < -0.3 is 10.6 Å². The minimum absolute atomic E-state index is 0.427. The highest BCUT2D eigenvalue weighted by Crippen LogP contribution is 2.24. The fourth-order valence-corrected chi connectivity index (χ4v) is 2.47. The van der Waals surface area contributed by atoms with E-state index in [1.165, 1.54) is 10.6 Å². The van der Waals surface area contributed by atoms with Crippen LogP contribution in [0.5, 0.6) is 0 Å². The summed E-state index contributed by atoms with van der Waals surface area (Å²) in [6.07, 6.45) is 2.27. The predicted octanol–water partition coefficient (Wildman–Crippen LogP) is 1.98. The Morgan fingerprint density at radius 2 is 2.15 bits per heavy atom. The van der Waals surface area contributed by atoms with Crippen LogP contribution in [0.1, 0.15) is 17.7 Å². The van der Waals surface area contributed by atoms with E-state index < -0.39 is 0 Å². The highest BCUT2D eigenvalue weighted by Gasteiger charge is 2.16. The first-order chi connectivity index (χ1) is 6.25. The Bertz CT molecular complexity index is 274. The monoisotopic (exact) mass is 196 g/mol. The molecule has 1 aromatic heterocycles. The molecule has 13 heavy (non-hydrogen) atoms. The van der Waals surface area contributed by atoms with Gasteiger partial charge in [-0.25, -0.2) is 0 Å². The van der Waals surface area contributed by atoms with Crippen LogP contribution < -0.4 is 10.6 Å². The molecule has 2 nitrogen and oxygen atoms in total. The summed E-state index contributed by atoms with van der Waals surface area (Å²) in [7, 11) is 0. The SMILES string of the molecule is Cc1cc(N2CCC(N)CC2)cs1. The van der Waals surface area contributed by atoms with Crippen molar-refractivity contribution in [2.45, 2.75) is 25.8 Å². The van der Waals surface area contributed by atoms with Gasteiger partial charge in [0.2, 0.25) is 0 Å². The first kappa shape index (κ1) is 9.03. The molecule has 0 saturated carbocycles. The number of nitrogens with two attached hydrogens (primary N) is 1. The number of piperidine rings is 1. The molecule has 1 fully saturated rings. The lowest BCUT2D eigenvalue weighted by molar-refractivity contribution is 0.501. The van der Waals surface area contributed by atoms with Gasteiger partial charge in [0.1, 0.15) is 0 Å². The van der Waals surface area contributed by atoms with E-state index in [4.69, 9.17) is 5.73 Å². The number of nitrogens with zero attached hydrogens (tertiary/aromatic N) is 1. The second-order valence-electron chi connectivity index (χ2n) is 3.74. The Morgan fingerprint density at radius 1 is 1.46 bits per heavy atom. The molecule has 3 heteroatoms. The predicted molar refractivity (Wildman–Crippen MR) is 58.5 cm³/mol. The van der Waals surface area contributed by atoms with E-state index in [0.29, 0.717) is 6.04 Å². The fourth-order valence-electron chi connectivity index (χ4n) is 1.75. The van der Waals surface area contributed by atoms with Crippen LogP contribution >= 0.6 is 11.3 Å². The number of aryl methyl sites for hydroxylation is 1. The van der Waals surface area contributed by atoms with Crippen LogP contribution in [0.25, 0.3) is 0 Å². The second-order valence-corrected chi connectivity index (χ2v) is 4.86. The van der Waals surface area contributed by atoms with Crippen molar-refractivity contribution >= 4 is 17.0 Å². The van der Waals surface area contributed by atoms with Gasteiger partial charge in [-0.15, -0.1) is 11.3 Å². The molecule has 2 N–H and O–H groups in total. The van der Waals surface area contributed by atoms with Crippen LogP contribution in [0.3, 0.4) is 0 Å². The first-order valence-electron chi connectivity index (χ1n) is 4.81. The minimum Gasteiger partial charge on any atom is -0.371 e. The largest absolute Gasteiger partial charge is 0.371 e. The summed E-state index contributed by atoms with van der Waals surface area (Å²) < 4.78 is 0. The summed E-state index contributed by atoms with van der Waals surface area (Å²) in [6.45, 7) is 4.40. The second kappa shape index (κ2) is 3.68. The quantitative estimate of drug-likeness (QED) is 0.744. The van der Waals surface area contributed by atoms with Crippen molar-refractivity contribution in [2.75, 3.05) is 18.0 Å². The van der Waals surface area contributed by atoms with E-state index in [2.05, 4.69) is 23.3 Å². The van der Waals surface area contributed by atoms with E-state index in [9.17, 15) is 0 Å². The molecule has 2 rings (SSSR count). The molecule has 0 bridgehead atoms. The van der Waals surface area contributed by atoms with Crippen LogP contribution in [0, 0.1) is 6.92 Å². The van der Waals surface area contributed by atoms with Crippen molar-refractivity contribution in [3.05, 3.63) is 16.3 Å². The van der Waals surface area contributed by atoms with Gasteiger partial charge in [0.15, 0.2) is 0 Å². The molecule has 1 saturated heterocycles. The summed E-state index contributed by atoms with van der Waals surface area (Å²) in [5.41, 5.74) is 7.24. The summed E-state index contributed by atoms with van der Waals surface area (Å²) in [5, 5.41) is 2.24. The molecule has 0 atom stereocenters. The van der Waals surface area contributed by atoms with Crippen molar-refractivity contribution in [1.82, 2.24) is 0 Å². The maximum atomic E-state index is 5.86. The van der Waals surface area contributed by atoms with Gasteiger partial charge in [0.05, 0.1) is 0 Å². The van der Waals surface area contributed by atoms with Gasteiger partial charge in [0.25, 0.3) is 0 Å². The number of hydrogen-bond donors (Lipinski definition) is 1. The summed E-state index contributed by atoms with van der Waals surface area (Å²) >= 11 is 1.83. The van der Waals surface area contributed by atoms with Gasteiger partial charge in [-0.2, -0.15) is 0 Å². The molecule has 72 valence electrons. The molecular formula is C10H16N2S. The summed E-state index contributed by atoms with van der Waals surface area (Å²) in [6, 6.07) is 2.69. The number of hydrogen-bond acceptors (Lipinski definition) is 3. The lowest BCUT2D eigenvalue weighted by Gasteiger charge is -2.31. The van der Waals surface area contributed by atoms with Crippen LogP contribution in [0.4, 0.5) is 5.69 Å². The van der Waals surface area contributed by atoms with Crippen molar-refractivity contribution in [3.8, 4) is 0 Å². The normalized spacial score (nSPS) is 19.4. The van der Waals surface area contributed by atoms with Gasteiger partial charge in [-0.1, -0.05) is 0 Å². The highest BCUT2D eigenvalue weighted by atomic mass is 32.1. The van der Waals surface area contributed by atoms with Crippen molar-refractivity contribution in [1.29, 1.82) is 0 Å². The molecule has 1 aliphatic rings. The molecule has 0 aliphatic carbocycles. The zero-order valence-corrected chi connectivity index (χ0v) is 8.81. The Hall–Kier alpha value is -0.540. The molecule has 1 aromatic rings. The lowest BCUT2D eigenvalue weighted by Crippen LogP contribution is -2.39. The van der Waals surface area contributed by atoms with E-state index >= 15 is 0 Å². The highest BCUT2D eigenvalue weighted by molar-refractivity contribution is 7.10. The molecule has 0 amide bonds. The molecule has 0 spiro atoms. The maximum absolute atomic E-state index is 5.86. The zero-order valence-electron chi connectivity index (χ0n) is 7.99. The number of rotatable bonds is 1. The summed E-state index contributed by atoms with van der Waals surface area (Å²) in [4.78, 5) is 3.83. The Morgan fingerprint density at radius 3 is 2.69 bits per heavy atom. The average molecular weight is 196 g/mol. The molecule has 1 aliphatic heterocycles. The zero-order chi connectivity index (χ0) is 9.26. The lowest BCUT2D eigenvalue weighted by atomic mass is 10.1. The molecular weight excluding hydrogens is 180 g/mol. The Labute approximate surface area is 83.4 Å². The topological polar surface area (TPSA) is 29.3 Å². The third-order valence-electron chi connectivity index (χ3n) is 2.62. The molecule has 2 heterocycles. The van der Waals surface area contributed by atoms with E-state index in [1.54, 1.807) is 0 Å². The standard InChI is InChI=1S/C10H16N2S/c1-8-6-10(7-13-8)12-4-2-9(11)3-5-12/h6-7,9H,2-5,11H2,1H3. The Kier molecular flexibility index (Phi) is 2.56. The van der Waals surface area contributed by atoms with Crippen LogP contribution in [-0.2, 0) is 0 Å². The third-order valence-corrected chi connectivity index (χ3v) is 3.47. The van der Waals surface area contributed by atoms with Crippen LogP contribution in [-0.4, -0.2) is 19.1 Å². The number of thiophene rings is 1. The molecule has 0 unspecified atom stereocenters. The Balaban J connectivity index is 2.02. The summed E-state index contributed by atoms with van der Waals surface area (Å²) in [5.74, 6) is 0. The van der Waals surface area contributed by atoms with Crippen LogP contribution in [0.15, 0.2) is 11.4 Å². The van der Waals surface area contributed by atoms with Gasteiger partial charge >= 0.3 is 0 Å². The van der Waals surface area contributed by atoms with Crippen LogP contribution in [0.2, 0.25) is 0 Å². The van der Waals surface area contributed by atoms with Gasteiger partial charge in [0, 0.05) is 35.1 Å². The maximum Gasteiger partial charge on any atom is 0.0477 e. The smallest absolute Gasteiger partial charge is 0.0477 e. The van der Waals surface area contributed by atoms with E-state index in [1.807, 2.05) is 11.3 Å². The van der Waals surface area contributed by atoms with E-state index in [-0.39, 0.29) is 0 Å². The average Bonchev–Trinajstić information content (AvgIpc) is 2.53. The minimum atomic E-state index is 0.427. The molecule has 0 aromatic carbocycles. The van der Waals surface area contributed by atoms with Crippen molar-refractivity contribution in [3.63, 3.8) is 0 Å². The van der Waals surface area contributed by atoms with Gasteiger partial charge in [-0.05, 0) is 25.8 Å².